The van der Waals surface area contributed by atoms with E-state index in [9.17, 15) is 0 Å². The van der Waals surface area contributed by atoms with Crippen LogP contribution in [0, 0.1) is 12.3 Å². The minimum absolute atomic E-state index is 0.119. The monoisotopic (exact) mass is 372 g/mol. The number of ether oxygens (including phenoxy) is 3. The molecule has 0 heterocycles. The molecule has 0 aliphatic rings. The van der Waals surface area contributed by atoms with Gasteiger partial charge in [-0.3, -0.25) is 0 Å². The van der Waals surface area contributed by atoms with Gasteiger partial charge in [-0.2, -0.15) is 5.10 Å². The Kier molecular flexibility index (Phi) is 7.66. The molecule has 0 aromatic heterocycles. The van der Waals surface area contributed by atoms with E-state index in [1.54, 1.807) is 25.5 Å². The van der Waals surface area contributed by atoms with Crippen LogP contribution in [-0.2, 0) is 6.54 Å². The quantitative estimate of drug-likeness (QED) is 0.412. The van der Waals surface area contributed by atoms with Crippen molar-refractivity contribution in [3.8, 4) is 29.6 Å². The average Bonchev–Trinajstić information content (AvgIpc) is 2.65. The highest BCUT2D eigenvalue weighted by Crippen LogP contribution is 2.36. The number of hydrazone groups is 1. The lowest BCUT2D eigenvalue weighted by Crippen LogP contribution is -2.07. The van der Waals surface area contributed by atoms with E-state index in [1.165, 1.54) is 0 Å². The van der Waals surface area contributed by atoms with Gasteiger partial charge in [0.2, 0.25) is 0 Å². The Labute approximate surface area is 158 Å². The maximum atomic E-state index is 6.28. The van der Waals surface area contributed by atoms with Gasteiger partial charge in [0.1, 0.15) is 12.4 Å². The second-order valence-corrected chi connectivity index (χ2v) is 5.57. The van der Waals surface area contributed by atoms with E-state index in [2.05, 4.69) is 16.4 Å². The molecule has 2 aromatic carbocycles. The predicted molar refractivity (Wildman–Crippen MR) is 104 cm³/mol. The summed E-state index contributed by atoms with van der Waals surface area (Å²) in [5.74, 6) is 4.19. The molecule has 0 spiro atoms. The lowest BCUT2D eigenvalue weighted by molar-refractivity contribution is 0.299. The third-order valence-corrected chi connectivity index (χ3v) is 3.68. The van der Waals surface area contributed by atoms with E-state index >= 15 is 0 Å². The number of para-hydroxylation sites is 1. The largest absolute Gasteiger partial charge is 0.496 e. The molecule has 0 radical (unpaired) electrons. The first-order chi connectivity index (χ1) is 12.7. The predicted octanol–water partition coefficient (Wildman–Crippen LogP) is 3.88. The van der Waals surface area contributed by atoms with Crippen LogP contribution in [-0.4, -0.2) is 26.5 Å². The summed E-state index contributed by atoms with van der Waals surface area (Å²) in [5, 5.41) is 4.64. The van der Waals surface area contributed by atoms with Crippen molar-refractivity contribution in [3.05, 3.63) is 52.5 Å². The Hall–Kier alpha value is -2.84. The molecule has 136 valence electrons. The van der Waals surface area contributed by atoms with Crippen LogP contribution in [0.3, 0.4) is 0 Å². The van der Waals surface area contributed by atoms with E-state index in [4.69, 9.17) is 32.2 Å². The zero-order valence-electron chi connectivity index (χ0n) is 14.8. The summed E-state index contributed by atoms with van der Waals surface area (Å²) >= 11 is 6.28. The van der Waals surface area contributed by atoms with Crippen LogP contribution in [0.5, 0.6) is 17.2 Å². The molecule has 0 amide bonds. The van der Waals surface area contributed by atoms with Crippen molar-refractivity contribution >= 4 is 17.8 Å². The molecule has 1 N–H and O–H groups in total. The summed E-state index contributed by atoms with van der Waals surface area (Å²) in [6.07, 6.45) is 6.89. The van der Waals surface area contributed by atoms with Gasteiger partial charge < -0.3 is 19.6 Å². The minimum atomic E-state index is 0.119. The molecule has 0 fully saturated rings. The van der Waals surface area contributed by atoms with E-state index < -0.39 is 0 Å². The summed E-state index contributed by atoms with van der Waals surface area (Å²) in [7, 11) is 1.64. The van der Waals surface area contributed by atoms with Crippen molar-refractivity contribution in [2.75, 3.05) is 20.3 Å². The molecule has 5 nitrogen and oxygen atoms in total. The van der Waals surface area contributed by atoms with Gasteiger partial charge >= 0.3 is 0 Å². The molecule has 0 saturated carbocycles. The molecule has 2 rings (SSSR count). The summed E-state index contributed by atoms with van der Waals surface area (Å²) in [6, 6.07) is 11.3. The SMILES string of the molecule is C#CCOc1c(Cl)cc(/C=N\NCc2ccccc2OC)cc1OCC. The van der Waals surface area contributed by atoms with E-state index in [0.29, 0.717) is 29.7 Å². The molecular formula is C20H21ClN2O3. The van der Waals surface area contributed by atoms with Crippen molar-refractivity contribution in [2.24, 2.45) is 5.10 Å². The summed E-state index contributed by atoms with van der Waals surface area (Å²) in [6.45, 7) is 3.02. The second-order valence-electron chi connectivity index (χ2n) is 5.16. The molecule has 0 unspecified atom stereocenters. The molecule has 0 saturated heterocycles. The number of hydrogen-bond acceptors (Lipinski definition) is 5. The second kappa shape index (κ2) is 10.2. The molecule has 0 aliphatic heterocycles. The van der Waals surface area contributed by atoms with Gasteiger partial charge in [-0.25, -0.2) is 0 Å². The topological polar surface area (TPSA) is 52.1 Å². The van der Waals surface area contributed by atoms with Crippen molar-refractivity contribution in [1.82, 2.24) is 5.43 Å². The standard InChI is InChI=1S/C20H21ClN2O3/c1-4-10-26-20-17(21)11-15(12-19(20)25-5-2)13-22-23-14-16-8-6-7-9-18(16)24-3/h1,6-9,11-13,23H,5,10,14H2,2-3H3/b22-13-. The fourth-order valence-corrected chi connectivity index (χ4v) is 2.55. The molecule has 2 aromatic rings. The lowest BCUT2D eigenvalue weighted by atomic mass is 10.2. The van der Waals surface area contributed by atoms with Crippen molar-refractivity contribution in [1.29, 1.82) is 0 Å². The Morgan fingerprint density at radius 3 is 2.77 bits per heavy atom. The first kappa shape index (κ1) is 19.5. The maximum Gasteiger partial charge on any atom is 0.181 e. The van der Waals surface area contributed by atoms with Gasteiger partial charge in [0.25, 0.3) is 0 Å². The van der Waals surface area contributed by atoms with Gasteiger partial charge in [0, 0.05) is 5.56 Å². The van der Waals surface area contributed by atoms with Crippen LogP contribution in [0.15, 0.2) is 41.5 Å². The molecular weight excluding hydrogens is 352 g/mol. The number of methoxy groups -OCH3 is 1. The van der Waals surface area contributed by atoms with Crippen LogP contribution >= 0.6 is 11.6 Å². The number of nitrogens with zero attached hydrogens (tertiary/aromatic N) is 1. The number of rotatable bonds is 9. The average molecular weight is 373 g/mol. The fourth-order valence-electron chi connectivity index (χ4n) is 2.28. The maximum absolute atomic E-state index is 6.28. The summed E-state index contributed by atoms with van der Waals surface area (Å²) in [5.41, 5.74) is 4.78. The smallest absolute Gasteiger partial charge is 0.181 e. The zero-order valence-corrected chi connectivity index (χ0v) is 15.5. The van der Waals surface area contributed by atoms with Gasteiger partial charge in [-0.05, 0) is 30.7 Å². The van der Waals surface area contributed by atoms with E-state index in [1.807, 2.05) is 31.2 Å². The van der Waals surface area contributed by atoms with E-state index in [-0.39, 0.29) is 6.61 Å². The van der Waals surface area contributed by atoms with Crippen LogP contribution in [0.2, 0.25) is 5.02 Å². The Balaban J connectivity index is 2.08. The number of halogens is 1. The highest BCUT2D eigenvalue weighted by molar-refractivity contribution is 6.32. The number of terminal acetylenes is 1. The highest BCUT2D eigenvalue weighted by Gasteiger charge is 2.11. The van der Waals surface area contributed by atoms with Crippen LogP contribution < -0.4 is 19.6 Å². The van der Waals surface area contributed by atoms with Gasteiger partial charge in [0.05, 0.1) is 31.5 Å². The third-order valence-electron chi connectivity index (χ3n) is 3.40. The summed E-state index contributed by atoms with van der Waals surface area (Å²) in [4.78, 5) is 0. The Bertz CT molecular complexity index is 800. The van der Waals surface area contributed by atoms with Crippen LogP contribution in [0.4, 0.5) is 0 Å². The van der Waals surface area contributed by atoms with E-state index in [0.717, 1.165) is 16.9 Å². The zero-order chi connectivity index (χ0) is 18.8. The number of hydrogen-bond donors (Lipinski definition) is 1. The minimum Gasteiger partial charge on any atom is -0.496 e. The van der Waals surface area contributed by atoms with Crippen LogP contribution in [0.25, 0.3) is 0 Å². The van der Waals surface area contributed by atoms with Gasteiger partial charge in [-0.1, -0.05) is 35.7 Å². The molecule has 0 bridgehead atoms. The normalized spacial score (nSPS) is 10.4. The highest BCUT2D eigenvalue weighted by atomic mass is 35.5. The Morgan fingerprint density at radius 1 is 1.23 bits per heavy atom. The van der Waals surface area contributed by atoms with Crippen molar-refractivity contribution in [3.63, 3.8) is 0 Å². The number of nitrogens with one attached hydrogen (secondary N) is 1. The van der Waals surface area contributed by atoms with Crippen molar-refractivity contribution < 1.29 is 14.2 Å². The Morgan fingerprint density at radius 2 is 2.04 bits per heavy atom. The van der Waals surface area contributed by atoms with Gasteiger partial charge in [-0.15, -0.1) is 6.42 Å². The van der Waals surface area contributed by atoms with Crippen LogP contribution in [0.1, 0.15) is 18.1 Å². The fraction of sp³-hybridized carbons (Fsp3) is 0.250. The first-order valence-corrected chi connectivity index (χ1v) is 8.47. The van der Waals surface area contributed by atoms with Crippen molar-refractivity contribution in [2.45, 2.75) is 13.5 Å². The number of benzene rings is 2. The third kappa shape index (κ3) is 5.33. The molecule has 6 heteroatoms. The first-order valence-electron chi connectivity index (χ1n) is 8.10. The summed E-state index contributed by atoms with van der Waals surface area (Å²) < 4.78 is 16.4. The molecule has 0 aliphatic carbocycles. The molecule has 0 atom stereocenters. The van der Waals surface area contributed by atoms with Gasteiger partial charge in [0.15, 0.2) is 11.5 Å². The molecule has 26 heavy (non-hydrogen) atoms. The lowest BCUT2D eigenvalue weighted by Gasteiger charge is -2.13.